The van der Waals surface area contributed by atoms with Crippen LogP contribution in [0.5, 0.6) is 23.3 Å². The van der Waals surface area contributed by atoms with Crippen molar-refractivity contribution in [3.05, 3.63) is 105 Å². The van der Waals surface area contributed by atoms with Gasteiger partial charge in [-0.15, -0.1) is 0 Å². The van der Waals surface area contributed by atoms with Crippen molar-refractivity contribution in [3.8, 4) is 23.3 Å². The number of halogens is 4. The Kier molecular flexibility index (Phi) is 29.5. The summed E-state index contributed by atoms with van der Waals surface area (Å²) in [6, 6.07) is 23.6. The minimum atomic E-state index is -4.41. The molecule has 2 unspecified atom stereocenters. The molecule has 4 aromatic heterocycles. The molecule has 0 spiro atoms. The summed E-state index contributed by atoms with van der Waals surface area (Å²) in [5.41, 5.74) is 8.53. The predicted octanol–water partition coefficient (Wildman–Crippen LogP) is 7.67. The second-order valence-corrected chi connectivity index (χ2v) is 28.9. The van der Waals surface area contributed by atoms with Gasteiger partial charge in [-0.3, -0.25) is 23.2 Å². The molecule has 4 aromatic carbocycles. The molecule has 8 aromatic rings. The van der Waals surface area contributed by atoms with Crippen LogP contribution in [-0.2, 0) is 42.2 Å². The van der Waals surface area contributed by atoms with Crippen molar-refractivity contribution in [1.29, 1.82) is 0 Å². The van der Waals surface area contributed by atoms with Crippen LogP contribution in [0.1, 0.15) is 125 Å². The van der Waals surface area contributed by atoms with Crippen LogP contribution in [0.3, 0.4) is 0 Å². The molecule has 4 fully saturated rings. The third-order valence-corrected chi connectivity index (χ3v) is 20.0. The topological polar surface area (TPSA) is 375 Å². The molecule has 28 nitrogen and oxygen atoms in total. The molecule has 12 rings (SSSR count). The van der Waals surface area contributed by atoms with Crippen LogP contribution in [0.4, 0.5) is 20.7 Å². The monoisotopic (exact) mass is 1500 g/mol. The van der Waals surface area contributed by atoms with E-state index in [1.807, 2.05) is 48.5 Å². The second kappa shape index (κ2) is 36.3. The number of hydrogen-bond donors (Lipinski definition) is 7. The summed E-state index contributed by atoms with van der Waals surface area (Å²) in [7, 11) is -4.41. The molecule has 35 heteroatoms. The summed E-state index contributed by atoms with van der Waals surface area (Å²) in [4.78, 5) is 49.8. The van der Waals surface area contributed by atoms with Gasteiger partial charge in [0.2, 0.25) is 23.7 Å². The fraction of sp³-hybridized carbons (Fsp3) is 0.500. The van der Waals surface area contributed by atoms with Crippen molar-refractivity contribution in [2.45, 2.75) is 185 Å². The van der Waals surface area contributed by atoms with Gasteiger partial charge in [0, 0.05) is 22.0 Å². The van der Waals surface area contributed by atoms with Crippen LogP contribution in [0.15, 0.2) is 97.6 Å². The molecule has 0 bridgehead atoms. The Morgan fingerprint density at radius 3 is 1.51 bits per heavy atom. The summed E-state index contributed by atoms with van der Waals surface area (Å²) in [5, 5.41) is 39.4. The number of nitrogens with one attached hydrogen (secondary N) is 2. The number of rotatable bonds is 23. The number of fused-ring (bicyclic) bond motifs is 4. The molecule has 2 aliphatic carbocycles. The van der Waals surface area contributed by atoms with Crippen molar-refractivity contribution < 1.29 is 97.2 Å². The van der Waals surface area contributed by atoms with E-state index >= 15 is 4.39 Å². The maximum Gasteiger partial charge on any atom is 2.00 e. The van der Waals surface area contributed by atoms with Crippen LogP contribution >= 0.6 is 25.9 Å². The number of carbonyl (C=O) groups is 2. The van der Waals surface area contributed by atoms with E-state index in [1.165, 1.54) is 49.0 Å². The van der Waals surface area contributed by atoms with Crippen LogP contribution in [-0.4, -0.2) is 176 Å². The molecule has 12 atom stereocenters. The zero-order valence-electron chi connectivity index (χ0n) is 57.1. The van der Waals surface area contributed by atoms with Crippen LogP contribution in [0.2, 0.25) is 0 Å². The maximum atomic E-state index is 15.9. The number of nitrogen functional groups attached to an aromatic ring is 2. The van der Waals surface area contributed by atoms with E-state index < -0.39 is 100 Å². The minimum Gasteiger partial charge on any atom is -1.00 e. The number of aliphatic hydroxyl groups is 3. The number of aromatic nitrogens is 8. The number of unbranched alkanes of at least 4 members (excludes halogenated alkanes) is 1. The van der Waals surface area contributed by atoms with Gasteiger partial charge in [0.15, 0.2) is 47.1 Å². The second-order valence-electron chi connectivity index (χ2n) is 24.4. The minimum absolute atomic E-state index is 0. The fourth-order valence-corrected chi connectivity index (χ4v) is 14.8. The fourth-order valence-electron chi connectivity index (χ4n) is 11.6. The van der Waals surface area contributed by atoms with Crippen molar-refractivity contribution >= 4 is 117 Å². The van der Waals surface area contributed by atoms with Gasteiger partial charge >= 0.3 is 49.6 Å². The van der Waals surface area contributed by atoms with Crippen molar-refractivity contribution in [1.82, 2.24) is 49.2 Å². The van der Waals surface area contributed by atoms with Gasteiger partial charge in [0.25, 0.3) is 0 Å². The van der Waals surface area contributed by atoms with Crippen LogP contribution < -0.4 is 52.6 Å². The first-order valence-corrected chi connectivity index (χ1v) is 36.9. The quantitative estimate of drug-likeness (QED) is 0.0140. The molecule has 2 aliphatic heterocycles. The molecule has 546 valence electrons. The molecule has 4 aliphatic rings. The zero-order valence-corrected chi connectivity index (χ0v) is 61.8. The van der Waals surface area contributed by atoms with Crippen LogP contribution in [0.25, 0.3) is 43.9 Å². The Balaban J connectivity index is 0.000000223. The SMILES string of the molecule is CCOc1nc(N)nc2c1ncn2[C@@H]1O[C@H](CO)[C@@H](F)[C@@]1(C)O.CCOc1nc(N)nc2c1ncn2[C@@H]1O[C@H](COP(=O)(N[C@@H](C)C(=O)OC2CCCC2)Oc2cccc3ccccc23)[C@@H](F)[C@@]1(C)O.C[C@H](NP(=O)(Cl)Oc1cccc2ccccc12)C(=O)OC1CCCC1.[CH2-]CCC.[Cl-].[Mg+2]. The van der Waals surface area contributed by atoms with Crippen molar-refractivity contribution in [2.24, 2.45) is 0 Å². The standard InChI is InChI=1S/C31H38FN6O8P.C18H21ClNO4P.C13H18FN5O4.C4H9.ClH.Mg/c1-4-42-27-24-26(35-30(33)36-27)38(17-34-24)29-31(3,40)25(32)23(45-29)16-43-47(41,37-18(2)28(39)44-20-12-6-7-13-20)46-22-15-9-11-19-10-5-8-14-21(19)22;1-13(18(21)23-15-9-3-4-10-15)20-25(19,22)24-17-12-6-8-14-7-2-5-11-16(14)17;1-3-22-10-7-9(17-12(15)18-10)19(5-16-7)11-13(2,21)8(14)6(4-20)23-11;1-3-4-2;;/h5,8-11,14-15,17-18,20,23,25,29,40H,4,6-7,12-13,16H2,1-3H3,(H,37,41)(H2,33,35,36);2,5-8,11-13,15H,3-4,9-10H2,1H3,(H,20,22);5-6,8,11,20-21H,3-4H2,1-2H3,(H2,15,17,18);1,3-4H2,2H3;1H;/q;;;-1;;+2/p-1/t18-,23+,25+,29+,31+,47?;13-,25?;6-,8-,11-,13-;;;/m001.../s1. The molecule has 6 heterocycles. The number of imidazole rings is 2. The number of hydrogen-bond acceptors (Lipinski definition) is 24. The molecule has 0 amide bonds. The van der Waals surface area contributed by atoms with Crippen molar-refractivity contribution in [2.75, 3.05) is 37.9 Å². The van der Waals surface area contributed by atoms with Gasteiger partial charge in [-0.25, -0.2) is 33.0 Å². The number of nitrogens with two attached hydrogens (primary N) is 2. The average molecular weight is 1500 g/mol. The first-order chi connectivity index (χ1) is 47.2. The van der Waals surface area contributed by atoms with Gasteiger partial charge < -0.3 is 83.6 Å². The molecular weight excluding hydrogens is 1410 g/mol. The number of alkyl halides is 2. The number of ether oxygens (including phenoxy) is 6. The first-order valence-electron chi connectivity index (χ1n) is 32.8. The Bertz CT molecular complexity index is 4150. The van der Waals surface area contributed by atoms with Gasteiger partial charge in [-0.05, 0) is 116 Å². The Labute approximate surface area is 610 Å². The smallest absolute Gasteiger partial charge is 1.00 e. The summed E-state index contributed by atoms with van der Waals surface area (Å²) in [6.07, 6.45) is 3.18. The van der Waals surface area contributed by atoms with E-state index in [1.54, 1.807) is 57.2 Å². The summed E-state index contributed by atoms with van der Waals surface area (Å²) >= 11 is 6.04. The first kappa shape index (κ1) is 81.9. The van der Waals surface area contributed by atoms with E-state index in [0.29, 0.717) is 23.3 Å². The van der Waals surface area contributed by atoms with E-state index in [9.17, 15) is 38.4 Å². The molecule has 0 radical (unpaired) electrons. The van der Waals surface area contributed by atoms with Crippen molar-refractivity contribution in [3.63, 3.8) is 0 Å². The molecule has 2 saturated carbocycles. The molecule has 9 N–H and O–H groups in total. The number of nitrogens with zero attached hydrogens (tertiary/aromatic N) is 8. The number of esters is 2. The van der Waals surface area contributed by atoms with E-state index in [4.69, 9.17) is 64.7 Å². The average Bonchev–Trinajstić information content (AvgIpc) is 1.61. The van der Waals surface area contributed by atoms with Gasteiger partial charge in [-0.2, -0.15) is 31.4 Å². The Morgan fingerprint density at radius 1 is 0.683 bits per heavy atom. The number of anilines is 2. The van der Waals surface area contributed by atoms with E-state index in [2.05, 4.69) is 53.9 Å². The number of aliphatic hydroxyl groups excluding tert-OH is 1. The van der Waals surface area contributed by atoms with Gasteiger partial charge in [0.1, 0.15) is 59.2 Å². The molecule has 2 saturated heterocycles. The Morgan fingerprint density at radius 2 is 1.09 bits per heavy atom. The summed E-state index contributed by atoms with van der Waals surface area (Å²) < 4.78 is 110. The van der Waals surface area contributed by atoms with Gasteiger partial charge in [0.05, 0.1) is 39.1 Å². The third-order valence-electron chi connectivity index (χ3n) is 16.7. The van der Waals surface area contributed by atoms with Gasteiger partial charge in [-0.1, -0.05) is 86.1 Å². The zero-order chi connectivity index (χ0) is 71.4. The number of carbonyl (C=O) groups excluding carboxylic acids is 2. The Hall–Kier alpha value is -6.41. The van der Waals surface area contributed by atoms with E-state index in [0.717, 1.165) is 73.9 Å². The molecular formula is C66H86Cl2F2MgN12O16P2. The van der Waals surface area contributed by atoms with Crippen LogP contribution in [0, 0.1) is 6.92 Å². The predicted molar refractivity (Wildman–Crippen MR) is 372 cm³/mol. The maximum absolute atomic E-state index is 15.9. The molecule has 101 heavy (non-hydrogen) atoms. The summed E-state index contributed by atoms with van der Waals surface area (Å²) in [6.45, 7) is 10.6. The third kappa shape index (κ3) is 19.9. The largest absolute Gasteiger partial charge is 2.00 e. The normalized spacial score (nSPS) is 23.7. The summed E-state index contributed by atoms with van der Waals surface area (Å²) in [5.74, 6) is -0.300. The van der Waals surface area contributed by atoms with E-state index in [-0.39, 0.29) is 100 Å². The number of benzene rings is 4.